The zero-order valence-corrected chi connectivity index (χ0v) is 13.5. The van der Waals surface area contributed by atoms with Crippen LogP contribution in [-0.4, -0.2) is 21.9 Å². The minimum atomic E-state index is -0.631. The van der Waals surface area contributed by atoms with Gasteiger partial charge in [0.15, 0.2) is 0 Å². The summed E-state index contributed by atoms with van der Waals surface area (Å²) < 4.78 is 5.81. The van der Waals surface area contributed by atoms with Crippen molar-refractivity contribution in [3.8, 4) is 11.5 Å². The SMILES string of the molecule is CC1(C)Oc2cc(O)c(C/C=C/c3ccccc3)cc2CC1O. The molecule has 1 aliphatic heterocycles. The van der Waals surface area contributed by atoms with Gasteiger partial charge < -0.3 is 14.9 Å². The first kappa shape index (κ1) is 15.6. The standard InChI is InChI=1S/C20H22O3/c1-20(2)19(22)12-16-11-15(17(21)13-18(16)23-20)10-6-9-14-7-4-3-5-8-14/h3-9,11,13,19,21-22H,10,12H2,1-2H3/b9-6+. The number of phenolic OH excluding ortho intramolecular Hbond substituents is 1. The molecule has 2 aromatic carbocycles. The molecule has 2 N–H and O–H groups in total. The average Bonchev–Trinajstić information content (AvgIpc) is 2.51. The number of ether oxygens (including phenoxy) is 1. The van der Waals surface area contributed by atoms with Gasteiger partial charge in [-0.2, -0.15) is 0 Å². The van der Waals surface area contributed by atoms with E-state index in [2.05, 4.69) is 0 Å². The van der Waals surface area contributed by atoms with E-state index in [1.807, 2.05) is 62.4 Å². The van der Waals surface area contributed by atoms with Crippen molar-refractivity contribution in [2.75, 3.05) is 0 Å². The summed E-state index contributed by atoms with van der Waals surface area (Å²) in [4.78, 5) is 0. The Morgan fingerprint density at radius 2 is 1.96 bits per heavy atom. The van der Waals surface area contributed by atoms with E-state index in [1.165, 1.54) is 0 Å². The molecule has 0 aromatic heterocycles. The Bertz CT molecular complexity index is 717. The van der Waals surface area contributed by atoms with Crippen molar-refractivity contribution >= 4 is 6.08 Å². The van der Waals surface area contributed by atoms with Gasteiger partial charge in [-0.05, 0) is 43.0 Å². The average molecular weight is 310 g/mol. The minimum absolute atomic E-state index is 0.230. The van der Waals surface area contributed by atoms with Crippen molar-refractivity contribution in [1.82, 2.24) is 0 Å². The number of aromatic hydroxyl groups is 1. The Labute approximate surface area is 136 Å². The number of aliphatic hydroxyl groups is 1. The number of fused-ring (bicyclic) bond motifs is 1. The molecule has 0 aliphatic carbocycles. The second kappa shape index (κ2) is 6.09. The monoisotopic (exact) mass is 310 g/mol. The maximum absolute atomic E-state index is 10.2. The van der Waals surface area contributed by atoms with Gasteiger partial charge in [0.25, 0.3) is 0 Å². The molecule has 1 heterocycles. The lowest BCUT2D eigenvalue weighted by Crippen LogP contribution is -2.46. The number of benzene rings is 2. The van der Waals surface area contributed by atoms with Crippen LogP contribution in [0.3, 0.4) is 0 Å². The summed E-state index contributed by atoms with van der Waals surface area (Å²) in [7, 11) is 0. The van der Waals surface area contributed by atoms with Gasteiger partial charge in [-0.1, -0.05) is 42.5 Å². The fraction of sp³-hybridized carbons (Fsp3) is 0.300. The van der Waals surface area contributed by atoms with Crippen molar-refractivity contribution in [2.24, 2.45) is 0 Å². The van der Waals surface area contributed by atoms with E-state index in [4.69, 9.17) is 4.74 Å². The molecular formula is C20H22O3. The molecule has 0 spiro atoms. The zero-order chi connectivity index (χ0) is 16.4. The van der Waals surface area contributed by atoms with Crippen LogP contribution in [0.2, 0.25) is 0 Å². The van der Waals surface area contributed by atoms with Gasteiger partial charge in [-0.25, -0.2) is 0 Å². The highest BCUT2D eigenvalue weighted by Crippen LogP contribution is 2.37. The van der Waals surface area contributed by atoms with Crippen molar-refractivity contribution in [2.45, 2.75) is 38.4 Å². The largest absolute Gasteiger partial charge is 0.508 e. The molecule has 3 rings (SSSR count). The number of hydrogen-bond acceptors (Lipinski definition) is 3. The quantitative estimate of drug-likeness (QED) is 0.908. The summed E-state index contributed by atoms with van der Waals surface area (Å²) in [6.45, 7) is 3.71. The molecule has 3 heteroatoms. The molecule has 2 aromatic rings. The fourth-order valence-electron chi connectivity index (χ4n) is 2.77. The lowest BCUT2D eigenvalue weighted by molar-refractivity contribution is -0.0412. The number of phenols is 1. The maximum Gasteiger partial charge on any atom is 0.129 e. The number of hydrogen-bond donors (Lipinski definition) is 2. The fourth-order valence-corrected chi connectivity index (χ4v) is 2.77. The normalized spacial score (nSPS) is 19.3. The van der Waals surface area contributed by atoms with E-state index in [9.17, 15) is 10.2 Å². The van der Waals surface area contributed by atoms with Crippen molar-refractivity contribution in [1.29, 1.82) is 0 Å². The van der Waals surface area contributed by atoms with Crippen LogP contribution in [-0.2, 0) is 12.8 Å². The van der Waals surface area contributed by atoms with Crippen molar-refractivity contribution in [3.63, 3.8) is 0 Å². The zero-order valence-electron chi connectivity index (χ0n) is 13.5. The minimum Gasteiger partial charge on any atom is -0.508 e. The Balaban J connectivity index is 1.79. The molecule has 0 saturated heterocycles. The molecule has 0 amide bonds. The second-order valence-corrected chi connectivity index (χ2v) is 6.53. The van der Waals surface area contributed by atoms with Crippen LogP contribution in [0.4, 0.5) is 0 Å². The predicted molar refractivity (Wildman–Crippen MR) is 91.7 cm³/mol. The van der Waals surface area contributed by atoms with Crippen LogP contribution in [0.15, 0.2) is 48.5 Å². The van der Waals surface area contributed by atoms with Crippen LogP contribution in [0.1, 0.15) is 30.5 Å². The smallest absolute Gasteiger partial charge is 0.129 e. The molecule has 1 unspecified atom stereocenters. The van der Waals surface area contributed by atoms with Crippen molar-refractivity contribution < 1.29 is 14.9 Å². The first-order valence-electron chi connectivity index (χ1n) is 7.89. The molecular weight excluding hydrogens is 288 g/mol. The molecule has 0 fully saturated rings. The van der Waals surface area contributed by atoms with Crippen LogP contribution >= 0.6 is 0 Å². The molecule has 0 saturated carbocycles. The summed E-state index contributed by atoms with van der Waals surface area (Å²) in [5, 5.41) is 20.4. The Kier molecular flexibility index (Phi) is 4.14. The molecule has 3 nitrogen and oxygen atoms in total. The van der Waals surface area contributed by atoms with Crippen LogP contribution < -0.4 is 4.74 Å². The Morgan fingerprint density at radius 3 is 2.70 bits per heavy atom. The highest BCUT2D eigenvalue weighted by Gasteiger charge is 2.35. The highest BCUT2D eigenvalue weighted by molar-refractivity contribution is 5.52. The van der Waals surface area contributed by atoms with E-state index in [1.54, 1.807) is 6.07 Å². The van der Waals surface area contributed by atoms with E-state index in [-0.39, 0.29) is 5.75 Å². The topological polar surface area (TPSA) is 49.7 Å². The number of allylic oxidation sites excluding steroid dienone is 1. The van der Waals surface area contributed by atoms with Gasteiger partial charge in [0, 0.05) is 12.5 Å². The molecule has 1 aliphatic rings. The van der Waals surface area contributed by atoms with Gasteiger partial charge >= 0.3 is 0 Å². The van der Waals surface area contributed by atoms with Gasteiger partial charge in [-0.3, -0.25) is 0 Å². The molecule has 0 radical (unpaired) electrons. The van der Waals surface area contributed by atoms with Crippen LogP contribution in [0.5, 0.6) is 11.5 Å². The summed E-state index contributed by atoms with van der Waals surface area (Å²) in [6, 6.07) is 13.6. The first-order chi connectivity index (χ1) is 11.0. The Morgan fingerprint density at radius 1 is 1.22 bits per heavy atom. The van der Waals surface area contributed by atoms with Gasteiger partial charge in [-0.15, -0.1) is 0 Å². The Hall–Kier alpha value is -2.26. The highest BCUT2D eigenvalue weighted by atomic mass is 16.5. The summed E-state index contributed by atoms with van der Waals surface area (Å²) in [5.41, 5.74) is 2.28. The maximum atomic E-state index is 10.2. The molecule has 0 bridgehead atoms. The lowest BCUT2D eigenvalue weighted by atomic mass is 9.90. The van der Waals surface area contributed by atoms with Gasteiger partial charge in [0.05, 0.1) is 6.10 Å². The second-order valence-electron chi connectivity index (χ2n) is 6.53. The van der Waals surface area contributed by atoms with Crippen LogP contribution in [0.25, 0.3) is 6.08 Å². The predicted octanol–water partition coefficient (Wildman–Crippen LogP) is 3.72. The first-order valence-corrected chi connectivity index (χ1v) is 7.89. The number of aliphatic hydroxyl groups excluding tert-OH is 1. The van der Waals surface area contributed by atoms with E-state index in [0.29, 0.717) is 18.6 Å². The van der Waals surface area contributed by atoms with Crippen molar-refractivity contribution in [3.05, 3.63) is 65.2 Å². The van der Waals surface area contributed by atoms with Crippen LogP contribution in [0, 0.1) is 0 Å². The number of rotatable bonds is 3. The lowest BCUT2D eigenvalue weighted by Gasteiger charge is -2.37. The third kappa shape index (κ3) is 3.40. The third-order valence-corrected chi connectivity index (χ3v) is 4.30. The summed E-state index contributed by atoms with van der Waals surface area (Å²) in [6.07, 6.45) is 4.69. The third-order valence-electron chi connectivity index (χ3n) is 4.30. The molecule has 23 heavy (non-hydrogen) atoms. The van der Waals surface area contributed by atoms with Gasteiger partial charge in [0.2, 0.25) is 0 Å². The van der Waals surface area contributed by atoms with Gasteiger partial charge in [0.1, 0.15) is 17.1 Å². The van der Waals surface area contributed by atoms with E-state index >= 15 is 0 Å². The summed E-state index contributed by atoms with van der Waals surface area (Å²) >= 11 is 0. The van der Waals surface area contributed by atoms with E-state index < -0.39 is 11.7 Å². The molecule has 120 valence electrons. The summed E-state index contributed by atoms with van der Waals surface area (Å²) in [5.74, 6) is 0.891. The van der Waals surface area contributed by atoms with E-state index in [0.717, 1.165) is 16.7 Å². The molecule has 1 atom stereocenters.